The highest BCUT2D eigenvalue weighted by molar-refractivity contribution is 5.77. The van der Waals surface area contributed by atoms with Crippen LogP contribution >= 0.6 is 0 Å². The lowest BCUT2D eigenvalue weighted by molar-refractivity contribution is -0.120. The molecule has 0 aliphatic rings. The van der Waals surface area contributed by atoms with Crippen LogP contribution in [0.1, 0.15) is 11.5 Å². The van der Waals surface area contributed by atoms with E-state index in [1.54, 1.807) is 31.6 Å². The maximum Gasteiger partial charge on any atom is 0.247 e. The van der Waals surface area contributed by atoms with Gasteiger partial charge in [-0.25, -0.2) is 0 Å². The second kappa shape index (κ2) is 7.36. The van der Waals surface area contributed by atoms with Gasteiger partial charge in [0.05, 0.1) is 7.11 Å². The van der Waals surface area contributed by atoms with Gasteiger partial charge in [-0.1, -0.05) is 0 Å². The fourth-order valence-corrected chi connectivity index (χ4v) is 2.08. The van der Waals surface area contributed by atoms with Gasteiger partial charge in [0.2, 0.25) is 17.7 Å². The molecule has 0 saturated heterocycles. The van der Waals surface area contributed by atoms with E-state index in [0.717, 1.165) is 16.9 Å². The highest BCUT2D eigenvalue weighted by Crippen LogP contribution is 2.21. The van der Waals surface area contributed by atoms with E-state index in [-0.39, 0.29) is 18.2 Å². The summed E-state index contributed by atoms with van der Waals surface area (Å²) >= 11 is 0. The molecule has 0 aliphatic carbocycles. The number of pyridine rings is 1. The van der Waals surface area contributed by atoms with Crippen LogP contribution < -0.4 is 10.1 Å². The molecular formula is C17H16N4O3. The summed E-state index contributed by atoms with van der Waals surface area (Å²) in [5.74, 6) is 1.20. The molecule has 0 unspecified atom stereocenters. The van der Waals surface area contributed by atoms with Crippen LogP contribution in [0.15, 0.2) is 53.2 Å². The monoisotopic (exact) mass is 324 g/mol. The summed E-state index contributed by atoms with van der Waals surface area (Å²) in [6.07, 6.45) is 3.40. The third-order valence-electron chi connectivity index (χ3n) is 3.35. The summed E-state index contributed by atoms with van der Waals surface area (Å²) in [4.78, 5) is 15.9. The molecule has 1 aromatic carbocycles. The van der Waals surface area contributed by atoms with Crippen molar-refractivity contribution in [3.05, 3.63) is 60.2 Å². The van der Waals surface area contributed by atoms with Crippen LogP contribution in [0.3, 0.4) is 0 Å². The molecule has 0 aliphatic heterocycles. The zero-order chi connectivity index (χ0) is 16.8. The molecule has 0 spiro atoms. The lowest BCUT2D eigenvalue weighted by Gasteiger charge is -2.03. The molecule has 1 N–H and O–H groups in total. The number of benzene rings is 1. The van der Waals surface area contributed by atoms with Gasteiger partial charge in [-0.05, 0) is 42.0 Å². The van der Waals surface area contributed by atoms with E-state index in [1.807, 2.05) is 24.3 Å². The molecule has 0 fully saturated rings. The Labute approximate surface area is 138 Å². The van der Waals surface area contributed by atoms with Gasteiger partial charge in [-0.15, -0.1) is 10.2 Å². The highest BCUT2D eigenvalue weighted by Gasteiger charge is 2.12. The maximum absolute atomic E-state index is 11.9. The van der Waals surface area contributed by atoms with E-state index >= 15 is 0 Å². The molecule has 0 bridgehead atoms. The molecule has 24 heavy (non-hydrogen) atoms. The zero-order valence-corrected chi connectivity index (χ0v) is 13.1. The summed E-state index contributed by atoms with van der Waals surface area (Å²) < 4.78 is 10.6. The molecule has 3 rings (SSSR count). The lowest BCUT2D eigenvalue weighted by Crippen LogP contribution is -2.24. The van der Waals surface area contributed by atoms with Gasteiger partial charge < -0.3 is 14.5 Å². The van der Waals surface area contributed by atoms with Crippen LogP contribution in [0.25, 0.3) is 11.5 Å². The molecule has 0 atom stereocenters. The Morgan fingerprint density at radius 2 is 1.88 bits per heavy atom. The van der Waals surface area contributed by atoms with Crippen molar-refractivity contribution in [1.82, 2.24) is 20.5 Å². The average Bonchev–Trinajstić information content (AvgIpc) is 3.09. The summed E-state index contributed by atoms with van der Waals surface area (Å²) in [6.45, 7) is 0.431. The van der Waals surface area contributed by atoms with Crippen molar-refractivity contribution in [1.29, 1.82) is 0 Å². The van der Waals surface area contributed by atoms with E-state index in [4.69, 9.17) is 9.15 Å². The predicted molar refractivity (Wildman–Crippen MR) is 86.1 cm³/mol. The van der Waals surface area contributed by atoms with Crippen molar-refractivity contribution >= 4 is 5.91 Å². The SMILES string of the molecule is COc1ccc(-c2nnc(CC(=O)NCc3ccncc3)o2)cc1. The number of nitrogens with zero attached hydrogens (tertiary/aromatic N) is 3. The summed E-state index contributed by atoms with van der Waals surface area (Å²) in [5.41, 5.74) is 1.74. The minimum Gasteiger partial charge on any atom is -0.497 e. The van der Waals surface area contributed by atoms with Crippen molar-refractivity contribution in [3.8, 4) is 17.2 Å². The molecule has 3 aromatic rings. The standard InChI is InChI=1S/C17H16N4O3/c1-23-14-4-2-13(3-5-14)17-21-20-16(24-17)10-15(22)19-11-12-6-8-18-9-7-12/h2-9H,10-11H2,1H3,(H,19,22). The van der Waals surface area contributed by atoms with Crippen LogP contribution in [-0.4, -0.2) is 28.2 Å². The number of aromatic nitrogens is 3. The Morgan fingerprint density at radius 1 is 1.12 bits per heavy atom. The van der Waals surface area contributed by atoms with Crippen molar-refractivity contribution < 1.29 is 13.9 Å². The third-order valence-corrected chi connectivity index (χ3v) is 3.35. The first-order chi connectivity index (χ1) is 11.7. The number of rotatable bonds is 6. The largest absolute Gasteiger partial charge is 0.497 e. The molecule has 2 aromatic heterocycles. The summed E-state index contributed by atoms with van der Waals surface area (Å²) in [6, 6.07) is 10.9. The third kappa shape index (κ3) is 3.95. The highest BCUT2D eigenvalue weighted by atomic mass is 16.5. The number of carbonyl (C=O) groups excluding carboxylic acids is 1. The van der Waals surface area contributed by atoms with Gasteiger partial charge in [0.25, 0.3) is 0 Å². The van der Waals surface area contributed by atoms with Crippen LogP contribution in [0.4, 0.5) is 0 Å². The second-order valence-electron chi connectivity index (χ2n) is 5.04. The van der Waals surface area contributed by atoms with E-state index in [9.17, 15) is 4.79 Å². The first kappa shape index (κ1) is 15.7. The number of amides is 1. The van der Waals surface area contributed by atoms with E-state index in [2.05, 4.69) is 20.5 Å². The number of nitrogens with one attached hydrogen (secondary N) is 1. The molecule has 7 nitrogen and oxygen atoms in total. The van der Waals surface area contributed by atoms with Crippen LogP contribution in [-0.2, 0) is 17.8 Å². The quantitative estimate of drug-likeness (QED) is 0.746. The Hall–Kier alpha value is -3.22. The number of ether oxygens (including phenoxy) is 1. The Bertz CT molecular complexity index is 800. The van der Waals surface area contributed by atoms with Crippen molar-refractivity contribution in [2.45, 2.75) is 13.0 Å². The first-order valence-corrected chi connectivity index (χ1v) is 7.37. The smallest absolute Gasteiger partial charge is 0.247 e. The van der Waals surface area contributed by atoms with Crippen LogP contribution in [0.5, 0.6) is 5.75 Å². The number of hydrogen-bond donors (Lipinski definition) is 1. The topological polar surface area (TPSA) is 90.1 Å². The molecule has 122 valence electrons. The number of hydrogen-bond acceptors (Lipinski definition) is 6. The van der Waals surface area contributed by atoms with Gasteiger partial charge in [0, 0.05) is 24.5 Å². The summed E-state index contributed by atoms with van der Waals surface area (Å²) in [5, 5.41) is 10.7. The van der Waals surface area contributed by atoms with E-state index in [1.165, 1.54) is 0 Å². The van der Waals surface area contributed by atoms with Crippen molar-refractivity contribution in [3.63, 3.8) is 0 Å². The minimum atomic E-state index is -0.184. The Kier molecular flexibility index (Phi) is 4.81. The molecule has 2 heterocycles. The molecule has 7 heteroatoms. The van der Waals surface area contributed by atoms with Crippen molar-refractivity contribution in [2.75, 3.05) is 7.11 Å². The lowest BCUT2D eigenvalue weighted by atomic mass is 10.2. The first-order valence-electron chi connectivity index (χ1n) is 7.37. The molecule has 0 saturated carbocycles. The predicted octanol–water partition coefficient (Wildman–Crippen LogP) is 2.00. The fraction of sp³-hybridized carbons (Fsp3) is 0.176. The average molecular weight is 324 g/mol. The van der Waals surface area contributed by atoms with Gasteiger partial charge in [0.15, 0.2) is 0 Å². The van der Waals surface area contributed by atoms with Gasteiger partial charge in [0.1, 0.15) is 12.2 Å². The Balaban J connectivity index is 1.58. The zero-order valence-electron chi connectivity index (χ0n) is 13.1. The van der Waals surface area contributed by atoms with Crippen molar-refractivity contribution in [2.24, 2.45) is 0 Å². The van der Waals surface area contributed by atoms with Gasteiger partial charge >= 0.3 is 0 Å². The van der Waals surface area contributed by atoms with E-state index < -0.39 is 0 Å². The molecular weight excluding hydrogens is 308 g/mol. The molecule has 1 amide bonds. The van der Waals surface area contributed by atoms with Gasteiger partial charge in [-0.2, -0.15) is 0 Å². The minimum absolute atomic E-state index is 0.0360. The second-order valence-corrected chi connectivity index (χ2v) is 5.04. The van der Waals surface area contributed by atoms with Gasteiger partial charge in [-0.3, -0.25) is 9.78 Å². The molecule has 0 radical (unpaired) electrons. The normalized spacial score (nSPS) is 10.4. The van der Waals surface area contributed by atoms with Crippen LogP contribution in [0.2, 0.25) is 0 Å². The summed E-state index contributed by atoms with van der Waals surface area (Å²) in [7, 11) is 1.60. The fourth-order valence-electron chi connectivity index (χ4n) is 2.08. The number of methoxy groups -OCH3 is 1. The number of carbonyl (C=O) groups is 1. The van der Waals surface area contributed by atoms with Crippen LogP contribution in [0, 0.1) is 0 Å². The Morgan fingerprint density at radius 3 is 2.58 bits per heavy atom. The maximum atomic E-state index is 11.9. The van der Waals surface area contributed by atoms with E-state index in [0.29, 0.717) is 12.4 Å².